The number of pyridine rings is 1. The third-order valence-electron chi connectivity index (χ3n) is 6.32. The molecule has 1 aliphatic rings. The molecule has 176 valence electrons. The molecule has 2 aromatic carbocycles. The lowest BCUT2D eigenvalue weighted by molar-refractivity contribution is 0.101. The van der Waals surface area contributed by atoms with Crippen molar-refractivity contribution in [1.82, 2.24) is 19.6 Å². The number of para-hydroxylation sites is 1. The number of nitrogens with zero attached hydrogens (tertiary/aromatic N) is 5. The van der Waals surface area contributed by atoms with Gasteiger partial charge in [0.15, 0.2) is 11.4 Å². The highest BCUT2D eigenvalue weighted by Crippen LogP contribution is 2.29. The number of anilines is 1. The highest BCUT2D eigenvalue weighted by atomic mass is 16.5. The van der Waals surface area contributed by atoms with Crippen LogP contribution in [0.1, 0.15) is 28.7 Å². The number of Topliss-reactive ketones (excluding diaryl/α,β-unsaturated/α-hetero) is 1. The van der Waals surface area contributed by atoms with Crippen molar-refractivity contribution < 1.29 is 9.53 Å². The van der Waals surface area contributed by atoms with Crippen molar-refractivity contribution in [3.8, 4) is 23.1 Å². The molecule has 0 atom stereocenters. The van der Waals surface area contributed by atoms with E-state index in [1.165, 1.54) is 0 Å². The molecule has 0 amide bonds. The molecule has 0 radical (unpaired) electrons. The Morgan fingerprint density at radius 3 is 2.53 bits per heavy atom. The van der Waals surface area contributed by atoms with Crippen molar-refractivity contribution in [3.05, 3.63) is 89.9 Å². The molecule has 0 unspecified atom stereocenters. The maximum Gasteiger partial charge on any atom is 0.179 e. The molecule has 6 rings (SSSR count). The molecular weight excluding hydrogens is 450 g/mol. The van der Waals surface area contributed by atoms with Gasteiger partial charge in [-0.25, -0.2) is 14.5 Å². The Hall–Kier alpha value is -4.54. The average Bonchev–Trinajstić information content (AvgIpc) is 3.31. The van der Waals surface area contributed by atoms with Crippen LogP contribution in [0.2, 0.25) is 0 Å². The van der Waals surface area contributed by atoms with Gasteiger partial charge < -0.3 is 9.64 Å². The van der Waals surface area contributed by atoms with Gasteiger partial charge in [-0.1, -0.05) is 48.5 Å². The first-order valence-corrected chi connectivity index (χ1v) is 11.9. The van der Waals surface area contributed by atoms with E-state index in [0.29, 0.717) is 30.2 Å². The van der Waals surface area contributed by atoms with E-state index in [-0.39, 0.29) is 5.78 Å². The topological polar surface area (TPSA) is 72.6 Å². The van der Waals surface area contributed by atoms with Crippen molar-refractivity contribution in [1.29, 1.82) is 0 Å². The van der Waals surface area contributed by atoms with E-state index in [9.17, 15) is 4.79 Å². The second-order valence-corrected chi connectivity index (χ2v) is 8.63. The van der Waals surface area contributed by atoms with Crippen molar-refractivity contribution in [2.45, 2.75) is 6.92 Å². The second kappa shape index (κ2) is 9.25. The van der Waals surface area contributed by atoms with E-state index in [2.05, 4.69) is 26.8 Å². The van der Waals surface area contributed by atoms with Crippen molar-refractivity contribution >= 4 is 28.0 Å². The predicted octanol–water partition coefficient (Wildman–Crippen LogP) is 4.38. The number of ketones is 1. The summed E-state index contributed by atoms with van der Waals surface area (Å²) >= 11 is 0. The number of carbonyl (C=O) groups is 1. The molecule has 1 fully saturated rings. The maximum atomic E-state index is 11.8. The summed E-state index contributed by atoms with van der Waals surface area (Å²) in [6, 6.07) is 21.4. The van der Waals surface area contributed by atoms with Gasteiger partial charge in [0.2, 0.25) is 0 Å². The van der Waals surface area contributed by atoms with Gasteiger partial charge in [0.25, 0.3) is 0 Å². The molecular formula is C29H23N5O2. The van der Waals surface area contributed by atoms with Crippen LogP contribution in [-0.2, 0) is 4.74 Å². The van der Waals surface area contributed by atoms with Crippen molar-refractivity contribution in [2.75, 3.05) is 31.2 Å². The van der Waals surface area contributed by atoms with Crippen LogP contribution in [0.5, 0.6) is 0 Å². The van der Waals surface area contributed by atoms with Gasteiger partial charge in [0.05, 0.1) is 30.6 Å². The summed E-state index contributed by atoms with van der Waals surface area (Å²) in [4.78, 5) is 23.7. The number of morpholine rings is 1. The largest absolute Gasteiger partial charge is 0.378 e. The standard InChI is InChI=1S/C29H23N5O2/c1-20(35)21-6-8-23(9-7-21)28-26(13-12-24-11-10-22-4-2-3-5-25(22)31-24)32-29-27(14-15-30-34(28)29)33-16-18-36-19-17-33/h2-11,14-15H,16-19H2,1H3. The third-order valence-corrected chi connectivity index (χ3v) is 6.32. The lowest BCUT2D eigenvalue weighted by Crippen LogP contribution is -2.36. The van der Waals surface area contributed by atoms with E-state index < -0.39 is 0 Å². The Kier molecular flexibility index (Phi) is 5.64. The molecule has 1 saturated heterocycles. The molecule has 1 aliphatic heterocycles. The van der Waals surface area contributed by atoms with E-state index in [1.54, 1.807) is 13.1 Å². The average molecular weight is 474 g/mol. The first kappa shape index (κ1) is 22.0. The fraction of sp³-hybridized carbons (Fsp3) is 0.172. The molecule has 0 N–H and O–H groups in total. The van der Waals surface area contributed by atoms with Crippen LogP contribution in [-0.4, -0.2) is 51.7 Å². The van der Waals surface area contributed by atoms with Crippen LogP contribution in [0, 0.1) is 11.8 Å². The minimum Gasteiger partial charge on any atom is -0.378 e. The fourth-order valence-corrected chi connectivity index (χ4v) is 4.45. The summed E-state index contributed by atoms with van der Waals surface area (Å²) < 4.78 is 7.38. The Bertz CT molecular complexity index is 1650. The summed E-state index contributed by atoms with van der Waals surface area (Å²) in [7, 11) is 0. The normalized spacial score (nSPS) is 13.5. The van der Waals surface area contributed by atoms with Gasteiger partial charge >= 0.3 is 0 Å². The first-order valence-electron chi connectivity index (χ1n) is 11.9. The highest BCUT2D eigenvalue weighted by molar-refractivity contribution is 5.94. The lowest BCUT2D eigenvalue weighted by atomic mass is 10.1. The van der Waals surface area contributed by atoms with Crippen LogP contribution in [0.15, 0.2) is 72.9 Å². The van der Waals surface area contributed by atoms with E-state index in [4.69, 9.17) is 9.72 Å². The lowest BCUT2D eigenvalue weighted by Gasteiger charge is -2.28. The molecule has 3 aromatic heterocycles. The molecule has 0 bridgehead atoms. The number of hydrogen-bond acceptors (Lipinski definition) is 6. The summed E-state index contributed by atoms with van der Waals surface area (Å²) in [5, 5.41) is 5.70. The third kappa shape index (κ3) is 4.08. The molecule has 5 aromatic rings. The van der Waals surface area contributed by atoms with Crippen molar-refractivity contribution in [2.24, 2.45) is 0 Å². The number of fused-ring (bicyclic) bond motifs is 2. The van der Waals surface area contributed by atoms with Gasteiger partial charge in [-0.3, -0.25) is 4.79 Å². The minimum absolute atomic E-state index is 0.0230. The number of ether oxygens (including phenoxy) is 1. The zero-order valence-electron chi connectivity index (χ0n) is 19.8. The van der Waals surface area contributed by atoms with Crippen LogP contribution < -0.4 is 4.90 Å². The quantitative estimate of drug-likeness (QED) is 0.286. The summed E-state index contributed by atoms with van der Waals surface area (Å²) in [6.45, 7) is 4.49. The fourth-order valence-electron chi connectivity index (χ4n) is 4.45. The maximum absolute atomic E-state index is 11.8. The number of hydrogen-bond donors (Lipinski definition) is 0. The molecule has 7 heteroatoms. The van der Waals surface area contributed by atoms with Gasteiger partial charge in [-0.2, -0.15) is 5.10 Å². The Morgan fingerprint density at radius 1 is 0.917 bits per heavy atom. The SMILES string of the molecule is CC(=O)c1ccc(-c2c(C#Cc3ccc4ccccc4n3)nc3c(N4CCOCC4)ccnn23)cc1. The van der Waals surface area contributed by atoms with Crippen LogP contribution in [0.4, 0.5) is 5.69 Å². The van der Waals surface area contributed by atoms with Gasteiger partial charge in [-0.15, -0.1) is 0 Å². The molecule has 36 heavy (non-hydrogen) atoms. The summed E-state index contributed by atoms with van der Waals surface area (Å²) in [6.07, 6.45) is 1.79. The molecule has 0 saturated carbocycles. The van der Waals surface area contributed by atoms with Gasteiger partial charge in [0.1, 0.15) is 17.1 Å². The number of aromatic nitrogens is 4. The number of benzene rings is 2. The second-order valence-electron chi connectivity index (χ2n) is 8.63. The Labute approximate surface area is 208 Å². The summed E-state index contributed by atoms with van der Waals surface area (Å²) in [5.74, 6) is 6.48. The van der Waals surface area contributed by atoms with Gasteiger partial charge in [0, 0.05) is 29.6 Å². The summed E-state index contributed by atoms with van der Waals surface area (Å²) in [5.41, 5.74) is 6.22. The van der Waals surface area contributed by atoms with E-state index in [0.717, 1.165) is 46.6 Å². The molecule has 7 nitrogen and oxygen atoms in total. The number of rotatable bonds is 3. The van der Waals surface area contributed by atoms with E-state index >= 15 is 0 Å². The highest BCUT2D eigenvalue weighted by Gasteiger charge is 2.21. The van der Waals surface area contributed by atoms with Gasteiger partial charge in [-0.05, 0) is 37.0 Å². The zero-order valence-corrected chi connectivity index (χ0v) is 19.8. The smallest absolute Gasteiger partial charge is 0.179 e. The monoisotopic (exact) mass is 473 g/mol. The Balaban J connectivity index is 1.51. The van der Waals surface area contributed by atoms with Crippen LogP contribution in [0.3, 0.4) is 0 Å². The van der Waals surface area contributed by atoms with Crippen LogP contribution >= 0.6 is 0 Å². The molecule has 0 spiro atoms. The Morgan fingerprint density at radius 2 is 1.72 bits per heavy atom. The van der Waals surface area contributed by atoms with E-state index in [1.807, 2.05) is 71.2 Å². The minimum atomic E-state index is 0.0230. The first-order chi connectivity index (χ1) is 17.7. The molecule has 4 heterocycles. The number of imidazole rings is 1. The zero-order chi connectivity index (χ0) is 24.5. The number of carbonyl (C=O) groups excluding carboxylic acids is 1. The molecule has 0 aliphatic carbocycles. The predicted molar refractivity (Wildman–Crippen MR) is 139 cm³/mol. The van der Waals surface area contributed by atoms with Crippen LogP contribution in [0.25, 0.3) is 27.8 Å². The van der Waals surface area contributed by atoms with Crippen molar-refractivity contribution in [3.63, 3.8) is 0 Å².